The molecule has 0 aliphatic rings. The third-order valence-corrected chi connectivity index (χ3v) is 4.01. The predicted octanol–water partition coefficient (Wildman–Crippen LogP) is 4.87. The van der Waals surface area contributed by atoms with Crippen molar-refractivity contribution in [3.8, 4) is 11.4 Å². The van der Waals surface area contributed by atoms with Gasteiger partial charge >= 0.3 is 0 Å². The number of benzene rings is 2. The van der Waals surface area contributed by atoms with E-state index in [2.05, 4.69) is 53.7 Å². The molecule has 2 aromatic carbocycles. The van der Waals surface area contributed by atoms with Crippen LogP contribution in [0, 0.1) is 5.92 Å². The van der Waals surface area contributed by atoms with Crippen LogP contribution in [0.15, 0.2) is 66.7 Å². The highest BCUT2D eigenvalue weighted by atomic mass is 15.1. The first-order valence-electron chi connectivity index (χ1n) is 9.17. The Morgan fingerprint density at radius 3 is 2.08 bits per heavy atom. The van der Waals surface area contributed by atoms with Gasteiger partial charge in [0.25, 0.3) is 0 Å². The van der Waals surface area contributed by atoms with Crippen LogP contribution in [-0.2, 0) is 6.42 Å². The maximum atomic E-state index is 4.70. The van der Waals surface area contributed by atoms with Crippen LogP contribution < -0.4 is 10.6 Å². The molecular formula is C22H26N4. The van der Waals surface area contributed by atoms with Gasteiger partial charge in [-0.25, -0.2) is 9.97 Å². The van der Waals surface area contributed by atoms with Gasteiger partial charge in [-0.3, -0.25) is 0 Å². The molecule has 0 fully saturated rings. The SMILES string of the molecule is CC(C)CNc1cc(NCCc2ccccc2)nc(-c2ccccc2)n1. The third kappa shape index (κ3) is 5.31. The number of aromatic nitrogens is 2. The molecule has 134 valence electrons. The van der Waals surface area contributed by atoms with Gasteiger partial charge in [0.05, 0.1) is 0 Å². The maximum Gasteiger partial charge on any atom is 0.163 e. The highest BCUT2D eigenvalue weighted by Crippen LogP contribution is 2.20. The number of anilines is 2. The predicted molar refractivity (Wildman–Crippen MR) is 109 cm³/mol. The number of hydrogen-bond donors (Lipinski definition) is 2. The Morgan fingerprint density at radius 2 is 1.42 bits per heavy atom. The molecule has 4 heteroatoms. The summed E-state index contributed by atoms with van der Waals surface area (Å²) in [4.78, 5) is 9.38. The zero-order valence-corrected chi connectivity index (χ0v) is 15.4. The van der Waals surface area contributed by atoms with E-state index < -0.39 is 0 Å². The number of hydrogen-bond acceptors (Lipinski definition) is 4. The average molecular weight is 346 g/mol. The lowest BCUT2D eigenvalue weighted by Gasteiger charge is -2.13. The topological polar surface area (TPSA) is 49.8 Å². The van der Waals surface area contributed by atoms with E-state index in [-0.39, 0.29) is 0 Å². The van der Waals surface area contributed by atoms with Crippen LogP contribution in [0.25, 0.3) is 11.4 Å². The summed E-state index contributed by atoms with van der Waals surface area (Å²) in [6, 6.07) is 22.6. The van der Waals surface area contributed by atoms with Crippen molar-refractivity contribution in [2.75, 3.05) is 23.7 Å². The Hall–Kier alpha value is -2.88. The van der Waals surface area contributed by atoms with Gasteiger partial charge in [-0.15, -0.1) is 0 Å². The molecular weight excluding hydrogens is 320 g/mol. The van der Waals surface area contributed by atoms with Gasteiger partial charge < -0.3 is 10.6 Å². The average Bonchev–Trinajstić information content (AvgIpc) is 2.68. The molecule has 0 unspecified atom stereocenters. The second-order valence-electron chi connectivity index (χ2n) is 6.77. The normalized spacial score (nSPS) is 10.7. The molecule has 0 bridgehead atoms. The Balaban J connectivity index is 1.75. The molecule has 0 spiro atoms. The summed E-state index contributed by atoms with van der Waals surface area (Å²) < 4.78 is 0. The summed E-state index contributed by atoms with van der Waals surface area (Å²) in [5, 5.41) is 6.85. The van der Waals surface area contributed by atoms with Crippen LogP contribution in [0.2, 0.25) is 0 Å². The lowest BCUT2D eigenvalue weighted by molar-refractivity contribution is 0.687. The molecule has 3 aromatic rings. The van der Waals surface area contributed by atoms with E-state index in [1.165, 1.54) is 5.56 Å². The minimum atomic E-state index is 0.555. The van der Waals surface area contributed by atoms with E-state index in [4.69, 9.17) is 4.98 Å². The van der Waals surface area contributed by atoms with Gasteiger partial charge in [-0.2, -0.15) is 0 Å². The van der Waals surface area contributed by atoms with E-state index >= 15 is 0 Å². The molecule has 1 heterocycles. The number of nitrogens with one attached hydrogen (secondary N) is 2. The first kappa shape index (κ1) is 17.9. The minimum Gasteiger partial charge on any atom is -0.370 e. The molecule has 0 amide bonds. The second-order valence-corrected chi connectivity index (χ2v) is 6.77. The van der Waals surface area contributed by atoms with E-state index in [9.17, 15) is 0 Å². The van der Waals surface area contributed by atoms with Crippen molar-refractivity contribution in [2.24, 2.45) is 5.92 Å². The molecule has 0 saturated heterocycles. The zero-order chi connectivity index (χ0) is 18.2. The van der Waals surface area contributed by atoms with Crippen molar-refractivity contribution in [1.29, 1.82) is 0 Å². The largest absolute Gasteiger partial charge is 0.370 e. The zero-order valence-electron chi connectivity index (χ0n) is 15.4. The summed E-state index contributed by atoms with van der Waals surface area (Å²) in [7, 11) is 0. The minimum absolute atomic E-state index is 0.555. The lowest BCUT2D eigenvalue weighted by Crippen LogP contribution is -2.12. The van der Waals surface area contributed by atoms with Crippen molar-refractivity contribution < 1.29 is 0 Å². The van der Waals surface area contributed by atoms with Crippen LogP contribution in [0.3, 0.4) is 0 Å². The van der Waals surface area contributed by atoms with Gasteiger partial charge in [0.15, 0.2) is 5.82 Å². The van der Waals surface area contributed by atoms with E-state index in [0.29, 0.717) is 5.92 Å². The molecule has 0 saturated carbocycles. The highest BCUT2D eigenvalue weighted by molar-refractivity contribution is 5.61. The summed E-state index contributed by atoms with van der Waals surface area (Å²) in [5.74, 6) is 3.00. The molecule has 0 atom stereocenters. The monoisotopic (exact) mass is 346 g/mol. The van der Waals surface area contributed by atoms with Crippen LogP contribution in [0.1, 0.15) is 19.4 Å². The van der Waals surface area contributed by atoms with Gasteiger partial charge in [0, 0.05) is 24.7 Å². The van der Waals surface area contributed by atoms with Crippen LogP contribution in [0.5, 0.6) is 0 Å². The van der Waals surface area contributed by atoms with E-state index in [1.807, 2.05) is 42.5 Å². The lowest BCUT2D eigenvalue weighted by atomic mass is 10.1. The molecule has 0 aliphatic carbocycles. The molecule has 0 aliphatic heterocycles. The molecule has 3 rings (SSSR count). The summed E-state index contributed by atoms with van der Waals surface area (Å²) in [6.45, 7) is 6.09. The Morgan fingerprint density at radius 1 is 0.808 bits per heavy atom. The highest BCUT2D eigenvalue weighted by Gasteiger charge is 2.07. The van der Waals surface area contributed by atoms with Gasteiger partial charge in [-0.1, -0.05) is 74.5 Å². The maximum absolute atomic E-state index is 4.70. The van der Waals surface area contributed by atoms with Crippen molar-refractivity contribution in [3.05, 3.63) is 72.3 Å². The first-order chi connectivity index (χ1) is 12.7. The number of rotatable bonds is 8. The van der Waals surface area contributed by atoms with E-state index in [1.54, 1.807) is 0 Å². The third-order valence-electron chi connectivity index (χ3n) is 4.01. The molecule has 1 aromatic heterocycles. The fourth-order valence-electron chi connectivity index (χ4n) is 2.63. The van der Waals surface area contributed by atoms with Gasteiger partial charge in [0.2, 0.25) is 0 Å². The van der Waals surface area contributed by atoms with Crippen molar-refractivity contribution in [3.63, 3.8) is 0 Å². The molecule has 0 radical (unpaired) electrons. The van der Waals surface area contributed by atoms with Crippen molar-refractivity contribution >= 4 is 11.6 Å². The second kappa shape index (κ2) is 8.99. The first-order valence-corrected chi connectivity index (χ1v) is 9.17. The molecule has 4 nitrogen and oxygen atoms in total. The summed E-state index contributed by atoms with van der Waals surface area (Å²) in [6.07, 6.45) is 0.959. The Labute approximate surface area is 155 Å². The molecule has 26 heavy (non-hydrogen) atoms. The fourth-order valence-corrected chi connectivity index (χ4v) is 2.63. The van der Waals surface area contributed by atoms with E-state index in [0.717, 1.165) is 42.5 Å². The fraction of sp³-hybridized carbons (Fsp3) is 0.273. The standard InChI is InChI=1S/C22H26N4/c1-17(2)16-24-21-15-20(23-14-13-18-9-5-3-6-10-18)25-22(26-21)19-11-7-4-8-12-19/h3-12,15,17H,13-14,16H2,1-2H3,(H2,23,24,25,26). The Bertz CT molecular complexity index is 801. The van der Waals surface area contributed by atoms with Gasteiger partial charge in [-0.05, 0) is 17.9 Å². The van der Waals surface area contributed by atoms with Crippen molar-refractivity contribution in [1.82, 2.24) is 9.97 Å². The quantitative estimate of drug-likeness (QED) is 0.611. The van der Waals surface area contributed by atoms with Gasteiger partial charge in [0.1, 0.15) is 11.6 Å². The Kier molecular flexibility index (Phi) is 6.20. The summed E-state index contributed by atoms with van der Waals surface area (Å²) in [5.41, 5.74) is 2.34. The number of nitrogens with zero attached hydrogens (tertiary/aromatic N) is 2. The van der Waals surface area contributed by atoms with Crippen LogP contribution >= 0.6 is 0 Å². The van der Waals surface area contributed by atoms with Crippen LogP contribution in [0.4, 0.5) is 11.6 Å². The van der Waals surface area contributed by atoms with Crippen molar-refractivity contribution in [2.45, 2.75) is 20.3 Å². The van der Waals surface area contributed by atoms with Crippen LogP contribution in [-0.4, -0.2) is 23.1 Å². The molecule has 2 N–H and O–H groups in total. The smallest absolute Gasteiger partial charge is 0.163 e. The summed E-state index contributed by atoms with van der Waals surface area (Å²) >= 11 is 0.